The van der Waals surface area contributed by atoms with E-state index in [4.69, 9.17) is 5.11 Å². The van der Waals surface area contributed by atoms with E-state index in [9.17, 15) is 9.59 Å². The molecular formula is C11H10N2O3. The highest BCUT2D eigenvalue weighted by molar-refractivity contribution is 6.42. The SMILES string of the molecule is CCc1[nH]c2cccnc2c1C(=O)C(=O)O. The number of carboxylic acid groups (broad SMARTS) is 1. The number of aryl methyl sites for hydroxylation is 1. The Bertz CT molecular complexity index is 572. The van der Waals surface area contributed by atoms with Crippen LogP contribution in [0.3, 0.4) is 0 Å². The van der Waals surface area contributed by atoms with Gasteiger partial charge in [0.2, 0.25) is 0 Å². The van der Waals surface area contributed by atoms with Gasteiger partial charge in [-0.05, 0) is 18.6 Å². The Morgan fingerprint density at radius 1 is 1.50 bits per heavy atom. The standard InChI is InChI=1S/C11H10N2O3/c1-2-6-8(10(14)11(15)16)9-7(13-6)4-3-5-12-9/h3-5,13H,2H2,1H3,(H,15,16). The van der Waals surface area contributed by atoms with Gasteiger partial charge < -0.3 is 10.1 Å². The molecule has 0 spiro atoms. The van der Waals surface area contributed by atoms with Crippen molar-refractivity contribution in [2.24, 2.45) is 0 Å². The molecular weight excluding hydrogens is 208 g/mol. The molecule has 82 valence electrons. The van der Waals surface area contributed by atoms with Crippen LogP contribution in [0.1, 0.15) is 23.0 Å². The third-order valence-corrected chi connectivity index (χ3v) is 2.41. The van der Waals surface area contributed by atoms with E-state index in [0.29, 0.717) is 23.1 Å². The fourth-order valence-corrected chi connectivity index (χ4v) is 1.69. The lowest BCUT2D eigenvalue weighted by molar-refractivity contribution is -0.131. The number of aromatic amines is 1. The number of hydrogen-bond acceptors (Lipinski definition) is 3. The number of carbonyl (C=O) groups excluding carboxylic acids is 1. The van der Waals surface area contributed by atoms with Gasteiger partial charge in [-0.1, -0.05) is 6.92 Å². The summed E-state index contributed by atoms with van der Waals surface area (Å²) < 4.78 is 0. The molecule has 0 unspecified atom stereocenters. The van der Waals surface area contributed by atoms with E-state index in [2.05, 4.69) is 9.97 Å². The first-order valence-corrected chi connectivity index (χ1v) is 4.88. The number of rotatable bonds is 3. The van der Waals surface area contributed by atoms with Crippen LogP contribution in [0.4, 0.5) is 0 Å². The number of aliphatic carboxylic acids is 1. The van der Waals surface area contributed by atoms with Crippen LogP contribution in [-0.4, -0.2) is 26.8 Å². The van der Waals surface area contributed by atoms with E-state index in [1.807, 2.05) is 6.92 Å². The molecule has 5 heteroatoms. The summed E-state index contributed by atoms with van der Waals surface area (Å²) in [7, 11) is 0. The van der Waals surface area contributed by atoms with Crippen molar-refractivity contribution in [2.75, 3.05) is 0 Å². The lowest BCUT2D eigenvalue weighted by Crippen LogP contribution is -2.14. The van der Waals surface area contributed by atoms with Gasteiger partial charge in [0, 0.05) is 11.9 Å². The first kappa shape index (κ1) is 10.4. The Hall–Kier alpha value is -2.17. The lowest BCUT2D eigenvalue weighted by atomic mass is 10.1. The fraction of sp³-hybridized carbons (Fsp3) is 0.182. The molecule has 2 heterocycles. The summed E-state index contributed by atoms with van der Waals surface area (Å²) in [6.45, 7) is 1.85. The van der Waals surface area contributed by atoms with E-state index in [0.717, 1.165) is 0 Å². The van der Waals surface area contributed by atoms with Crippen LogP contribution in [0.2, 0.25) is 0 Å². The highest BCUT2D eigenvalue weighted by atomic mass is 16.4. The molecule has 2 N–H and O–H groups in total. The van der Waals surface area contributed by atoms with E-state index in [-0.39, 0.29) is 5.56 Å². The number of ketones is 1. The van der Waals surface area contributed by atoms with E-state index in [1.54, 1.807) is 12.1 Å². The van der Waals surface area contributed by atoms with Crippen molar-refractivity contribution in [3.63, 3.8) is 0 Å². The molecule has 2 aromatic rings. The molecule has 0 radical (unpaired) electrons. The first-order chi connectivity index (χ1) is 7.65. The van der Waals surface area contributed by atoms with E-state index >= 15 is 0 Å². The molecule has 2 aromatic heterocycles. The largest absolute Gasteiger partial charge is 0.475 e. The van der Waals surface area contributed by atoms with Gasteiger partial charge in [0.05, 0.1) is 16.6 Å². The number of hydrogen-bond donors (Lipinski definition) is 2. The monoisotopic (exact) mass is 218 g/mol. The molecule has 0 aliphatic carbocycles. The maximum Gasteiger partial charge on any atom is 0.377 e. The Labute approximate surface area is 91.1 Å². The third kappa shape index (κ3) is 1.46. The zero-order valence-corrected chi connectivity index (χ0v) is 8.65. The predicted molar refractivity (Wildman–Crippen MR) is 57.4 cm³/mol. The second-order valence-corrected chi connectivity index (χ2v) is 3.37. The number of nitrogens with one attached hydrogen (secondary N) is 1. The Morgan fingerprint density at radius 2 is 2.25 bits per heavy atom. The number of Topliss-reactive ketones (excluding diaryl/α,β-unsaturated/α-hetero) is 1. The minimum atomic E-state index is -1.46. The molecule has 0 amide bonds. The van der Waals surface area contributed by atoms with E-state index < -0.39 is 11.8 Å². The van der Waals surface area contributed by atoms with Gasteiger partial charge in [0.1, 0.15) is 0 Å². The lowest BCUT2D eigenvalue weighted by Gasteiger charge is -1.96. The maximum atomic E-state index is 11.5. The van der Waals surface area contributed by atoms with Crippen LogP contribution in [0.15, 0.2) is 18.3 Å². The van der Waals surface area contributed by atoms with E-state index in [1.165, 1.54) is 6.20 Å². The number of fused-ring (bicyclic) bond motifs is 1. The summed E-state index contributed by atoms with van der Waals surface area (Å²) in [4.78, 5) is 29.3. The van der Waals surface area contributed by atoms with Gasteiger partial charge in [0.25, 0.3) is 5.78 Å². The van der Waals surface area contributed by atoms with Crippen LogP contribution in [0, 0.1) is 0 Å². The van der Waals surface area contributed by atoms with Crippen molar-refractivity contribution in [3.05, 3.63) is 29.6 Å². The Kier molecular flexibility index (Phi) is 2.44. The number of aromatic nitrogens is 2. The summed E-state index contributed by atoms with van der Waals surface area (Å²) in [5.41, 5.74) is 1.89. The average molecular weight is 218 g/mol. The van der Waals surface area contributed by atoms with Crippen LogP contribution in [0.5, 0.6) is 0 Å². The first-order valence-electron chi connectivity index (χ1n) is 4.88. The summed E-state index contributed by atoms with van der Waals surface area (Å²) in [6.07, 6.45) is 2.10. The van der Waals surface area contributed by atoms with Crippen LogP contribution in [0.25, 0.3) is 11.0 Å². The molecule has 16 heavy (non-hydrogen) atoms. The number of carboxylic acids is 1. The molecule has 0 saturated carbocycles. The van der Waals surface area contributed by atoms with Crippen molar-refractivity contribution in [3.8, 4) is 0 Å². The second kappa shape index (κ2) is 3.77. The Morgan fingerprint density at radius 3 is 2.88 bits per heavy atom. The molecule has 0 aromatic carbocycles. The Balaban J connectivity index is 2.74. The van der Waals surface area contributed by atoms with Gasteiger partial charge in [0.15, 0.2) is 0 Å². The van der Waals surface area contributed by atoms with Gasteiger partial charge in [-0.25, -0.2) is 4.79 Å². The van der Waals surface area contributed by atoms with Crippen molar-refractivity contribution in [2.45, 2.75) is 13.3 Å². The van der Waals surface area contributed by atoms with Gasteiger partial charge in [-0.2, -0.15) is 0 Å². The molecule has 0 saturated heterocycles. The van der Waals surface area contributed by atoms with Crippen molar-refractivity contribution >= 4 is 22.8 Å². The van der Waals surface area contributed by atoms with Crippen LogP contribution < -0.4 is 0 Å². The van der Waals surface area contributed by atoms with Crippen molar-refractivity contribution in [1.82, 2.24) is 9.97 Å². The van der Waals surface area contributed by atoms with Crippen molar-refractivity contribution < 1.29 is 14.7 Å². The van der Waals surface area contributed by atoms with Crippen LogP contribution >= 0.6 is 0 Å². The summed E-state index contributed by atoms with van der Waals surface area (Å²) in [5.74, 6) is -2.37. The smallest absolute Gasteiger partial charge is 0.377 e. The summed E-state index contributed by atoms with van der Waals surface area (Å²) in [5, 5.41) is 8.74. The average Bonchev–Trinajstić information content (AvgIpc) is 2.66. The normalized spacial score (nSPS) is 10.6. The molecule has 0 aliphatic heterocycles. The van der Waals surface area contributed by atoms with Gasteiger partial charge >= 0.3 is 5.97 Å². The molecule has 2 rings (SSSR count). The number of nitrogens with zero attached hydrogens (tertiary/aromatic N) is 1. The number of carbonyl (C=O) groups is 2. The van der Waals surface area contributed by atoms with Gasteiger partial charge in [-0.3, -0.25) is 9.78 Å². The zero-order valence-electron chi connectivity index (χ0n) is 8.65. The minimum Gasteiger partial charge on any atom is -0.475 e. The highest BCUT2D eigenvalue weighted by Gasteiger charge is 2.23. The van der Waals surface area contributed by atoms with Gasteiger partial charge in [-0.15, -0.1) is 0 Å². The summed E-state index contributed by atoms with van der Waals surface area (Å²) >= 11 is 0. The topological polar surface area (TPSA) is 83.0 Å². The third-order valence-electron chi connectivity index (χ3n) is 2.41. The molecule has 0 fully saturated rings. The fourth-order valence-electron chi connectivity index (χ4n) is 1.69. The number of pyridine rings is 1. The maximum absolute atomic E-state index is 11.5. The number of H-pyrrole nitrogens is 1. The molecule has 0 bridgehead atoms. The second-order valence-electron chi connectivity index (χ2n) is 3.37. The summed E-state index contributed by atoms with van der Waals surface area (Å²) in [6, 6.07) is 3.49. The van der Waals surface area contributed by atoms with Crippen molar-refractivity contribution in [1.29, 1.82) is 0 Å². The zero-order chi connectivity index (χ0) is 11.7. The highest BCUT2D eigenvalue weighted by Crippen LogP contribution is 2.21. The predicted octanol–water partition coefficient (Wildman–Crippen LogP) is 1.39. The minimum absolute atomic E-state index is 0.172. The quantitative estimate of drug-likeness (QED) is 0.602. The molecule has 0 atom stereocenters. The van der Waals surface area contributed by atoms with Crippen LogP contribution in [-0.2, 0) is 11.2 Å². The molecule has 5 nitrogen and oxygen atoms in total. The molecule has 0 aliphatic rings.